The number of ether oxygens (including phenoxy) is 1. The second kappa shape index (κ2) is 8.29. The van der Waals surface area contributed by atoms with Gasteiger partial charge in [-0.15, -0.1) is 0 Å². The number of aryl methyl sites for hydroxylation is 1. The number of benzene rings is 1. The van der Waals surface area contributed by atoms with Crippen LogP contribution in [-0.4, -0.2) is 28.5 Å². The average Bonchev–Trinajstić information content (AvgIpc) is 3.52. The number of amides is 1. The number of rotatable bonds is 6. The topological polar surface area (TPSA) is 64.1 Å². The van der Waals surface area contributed by atoms with Gasteiger partial charge in [0, 0.05) is 23.1 Å². The van der Waals surface area contributed by atoms with E-state index in [-0.39, 0.29) is 17.9 Å². The Hall–Kier alpha value is -2.43. The van der Waals surface area contributed by atoms with Crippen LogP contribution in [0.15, 0.2) is 30.3 Å². The summed E-state index contributed by atoms with van der Waals surface area (Å²) >= 11 is 0. The Morgan fingerprint density at radius 2 is 1.86 bits per heavy atom. The molecular weight excluding hydrogens is 350 g/mol. The minimum absolute atomic E-state index is 0.0213. The van der Waals surface area contributed by atoms with E-state index in [0.29, 0.717) is 5.92 Å². The van der Waals surface area contributed by atoms with Crippen LogP contribution >= 0.6 is 0 Å². The van der Waals surface area contributed by atoms with Crippen molar-refractivity contribution in [3.63, 3.8) is 0 Å². The van der Waals surface area contributed by atoms with Gasteiger partial charge in [0.2, 0.25) is 11.8 Å². The van der Waals surface area contributed by atoms with Gasteiger partial charge in [-0.3, -0.25) is 4.79 Å². The average molecular weight is 380 g/mol. The summed E-state index contributed by atoms with van der Waals surface area (Å²) in [6, 6.07) is 10.2. The molecule has 2 aromatic rings. The van der Waals surface area contributed by atoms with E-state index < -0.39 is 0 Å². The highest BCUT2D eigenvalue weighted by atomic mass is 16.5. The molecule has 5 nitrogen and oxygen atoms in total. The van der Waals surface area contributed by atoms with Gasteiger partial charge >= 0.3 is 0 Å². The predicted molar refractivity (Wildman–Crippen MR) is 109 cm³/mol. The van der Waals surface area contributed by atoms with Crippen molar-refractivity contribution in [3.05, 3.63) is 41.6 Å². The predicted octanol–water partition coefficient (Wildman–Crippen LogP) is 3.95. The number of carbonyl (C=O) groups excluding carboxylic acids is 1. The first-order valence-electron chi connectivity index (χ1n) is 10.5. The Morgan fingerprint density at radius 3 is 2.57 bits per heavy atom. The van der Waals surface area contributed by atoms with Crippen LogP contribution in [0.25, 0.3) is 11.4 Å². The lowest BCUT2D eigenvalue weighted by Crippen LogP contribution is -2.35. The molecule has 1 amide bonds. The van der Waals surface area contributed by atoms with E-state index in [2.05, 4.69) is 5.32 Å². The molecule has 4 rings (SSSR count). The van der Waals surface area contributed by atoms with Crippen molar-refractivity contribution in [1.82, 2.24) is 15.3 Å². The maximum Gasteiger partial charge on any atom is 0.223 e. The zero-order valence-electron chi connectivity index (χ0n) is 16.8. The fourth-order valence-electron chi connectivity index (χ4n) is 3.72. The molecule has 2 aliphatic rings. The van der Waals surface area contributed by atoms with Crippen LogP contribution in [0.4, 0.5) is 0 Å². The van der Waals surface area contributed by atoms with Gasteiger partial charge in [0.25, 0.3) is 0 Å². The Balaban J connectivity index is 1.61. The monoisotopic (exact) mass is 379 g/mol. The Kier molecular flexibility index (Phi) is 5.60. The maximum atomic E-state index is 12.5. The van der Waals surface area contributed by atoms with Crippen LogP contribution in [0.5, 0.6) is 5.88 Å². The van der Waals surface area contributed by atoms with E-state index in [4.69, 9.17) is 14.7 Å². The molecule has 1 aromatic heterocycles. The molecule has 1 atom stereocenters. The van der Waals surface area contributed by atoms with Gasteiger partial charge in [0.15, 0.2) is 5.82 Å². The minimum atomic E-state index is 0.0213. The van der Waals surface area contributed by atoms with Gasteiger partial charge < -0.3 is 10.1 Å². The number of nitrogens with zero attached hydrogens (tertiary/aromatic N) is 2. The van der Waals surface area contributed by atoms with E-state index in [1.54, 1.807) is 0 Å². The molecule has 1 N–H and O–H groups in total. The third-order valence-corrected chi connectivity index (χ3v) is 5.51. The number of carbonyl (C=O) groups is 1. The smallest absolute Gasteiger partial charge is 0.223 e. The van der Waals surface area contributed by atoms with Crippen LogP contribution in [0.2, 0.25) is 0 Å². The highest BCUT2D eigenvalue weighted by Gasteiger charge is 2.28. The van der Waals surface area contributed by atoms with Crippen LogP contribution in [0.1, 0.15) is 50.8 Å². The fourth-order valence-corrected chi connectivity index (χ4v) is 3.72. The van der Waals surface area contributed by atoms with E-state index >= 15 is 0 Å². The SMILES string of the molecule is CC(C)NC(=O)C1CCc2nc(-c3ccccc3)nc(OCC3CC3)c2CC1. The van der Waals surface area contributed by atoms with Gasteiger partial charge in [-0.05, 0) is 58.3 Å². The Morgan fingerprint density at radius 1 is 1.11 bits per heavy atom. The first-order valence-corrected chi connectivity index (χ1v) is 10.5. The maximum absolute atomic E-state index is 12.5. The second-order valence-electron chi connectivity index (χ2n) is 8.34. The zero-order valence-corrected chi connectivity index (χ0v) is 16.8. The van der Waals surface area contributed by atoms with Gasteiger partial charge in [-0.1, -0.05) is 30.3 Å². The van der Waals surface area contributed by atoms with Crippen molar-refractivity contribution < 1.29 is 9.53 Å². The molecule has 1 heterocycles. The molecule has 28 heavy (non-hydrogen) atoms. The lowest BCUT2D eigenvalue weighted by molar-refractivity contribution is -0.125. The summed E-state index contributed by atoms with van der Waals surface area (Å²) in [5, 5.41) is 3.06. The van der Waals surface area contributed by atoms with Crippen molar-refractivity contribution >= 4 is 5.91 Å². The molecule has 0 bridgehead atoms. The summed E-state index contributed by atoms with van der Waals surface area (Å²) in [6.45, 7) is 4.74. The molecular formula is C23H29N3O2. The lowest BCUT2D eigenvalue weighted by Gasteiger charge is -2.16. The number of hydrogen-bond acceptors (Lipinski definition) is 4. The normalized spacial score (nSPS) is 19.0. The Bertz CT molecular complexity index is 831. The molecule has 0 spiro atoms. The molecule has 1 unspecified atom stereocenters. The number of aromatic nitrogens is 2. The van der Waals surface area contributed by atoms with Crippen LogP contribution in [0.3, 0.4) is 0 Å². The molecule has 0 radical (unpaired) electrons. The summed E-state index contributed by atoms with van der Waals surface area (Å²) in [5.74, 6) is 2.28. The van der Waals surface area contributed by atoms with Crippen molar-refractivity contribution in [1.29, 1.82) is 0 Å². The summed E-state index contributed by atoms with van der Waals surface area (Å²) < 4.78 is 6.15. The molecule has 0 aliphatic heterocycles. The second-order valence-corrected chi connectivity index (χ2v) is 8.34. The van der Waals surface area contributed by atoms with Gasteiger partial charge in [0.1, 0.15) is 0 Å². The summed E-state index contributed by atoms with van der Waals surface area (Å²) in [4.78, 5) is 22.2. The van der Waals surface area contributed by atoms with Crippen molar-refractivity contribution in [2.75, 3.05) is 6.61 Å². The van der Waals surface area contributed by atoms with E-state index in [1.807, 2.05) is 44.2 Å². The van der Waals surface area contributed by atoms with E-state index in [1.165, 1.54) is 12.8 Å². The number of nitrogens with one attached hydrogen (secondary N) is 1. The summed E-state index contributed by atoms with van der Waals surface area (Å²) in [6.07, 6.45) is 5.71. The lowest BCUT2D eigenvalue weighted by atomic mass is 9.98. The quantitative estimate of drug-likeness (QED) is 0.772. The minimum Gasteiger partial charge on any atom is -0.477 e. The van der Waals surface area contributed by atoms with E-state index in [0.717, 1.165) is 60.8 Å². The standard InChI is InChI=1S/C23H29N3O2/c1-15(2)24-22(27)18-10-12-19-20(13-11-18)25-21(17-6-4-3-5-7-17)26-23(19)28-14-16-8-9-16/h3-7,15-16,18H,8-14H2,1-2H3,(H,24,27). The molecule has 1 aromatic carbocycles. The third-order valence-electron chi connectivity index (χ3n) is 5.51. The summed E-state index contributed by atoms with van der Waals surface area (Å²) in [7, 11) is 0. The highest BCUT2D eigenvalue weighted by molar-refractivity contribution is 5.79. The van der Waals surface area contributed by atoms with Crippen LogP contribution in [0, 0.1) is 11.8 Å². The molecule has 1 saturated carbocycles. The highest BCUT2D eigenvalue weighted by Crippen LogP contribution is 2.34. The van der Waals surface area contributed by atoms with Gasteiger partial charge in [0.05, 0.1) is 12.3 Å². The first-order chi connectivity index (χ1) is 13.6. The van der Waals surface area contributed by atoms with Gasteiger partial charge in [-0.2, -0.15) is 4.98 Å². The van der Waals surface area contributed by atoms with Gasteiger partial charge in [-0.25, -0.2) is 4.98 Å². The largest absolute Gasteiger partial charge is 0.477 e. The third kappa shape index (κ3) is 4.51. The van der Waals surface area contributed by atoms with Crippen molar-refractivity contribution in [2.24, 2.45) is 11.8 Å². The van der Waals surface area contributed by atoms with Crippen molar-refractivity contribution in [3.8, 4) is 17.3 Å². The fraction of sp³-hybridized carbons (Fsp3) is 0.522. The molecule has 5 heteroatoms. The molecule has 148 valence electrons. The molecule has 2 aliphatic carbocycles. The van der Waals surface area contributed by atoms with Crippen molar-refractivity contribution in [2.45, 2.75) is 58.4 Å². The van der Waals surface area contributed by atoms with Crippen LogP contribution < -0.4 is 10.1 Å². The zero-order chi connectivity index (χ0) is 19.5. The van der Waals surface area contributed by atoms with E-state index in [9.17, 15) is 4.79 Å². The summed E-state index contributed by atoms with van der Waals surface area (Å²) in [5.41, 5.74) is 3.14. The Labute approximate surface area is 166 Å². The van der Waals surface area contributed by atoms with Crippen LogP contribution in [-0.2, 0) is 17.6 Å². The molecule has 0 saturated heterocycles. The molecule has 1 fully saturated rings. The number of hydrogen-bond donors (Lipinski definition) is 1. The number of fused-ring (bicyclic) bond motifs is 1. The first kappa shape index (κ1) is 18.9.